The number of pyridine rings is 3. The smallest absolute Gasteiger partial charge is 0.211 e. The molecule has 1 saturated heterocycles. The molecule has 0 radical (unpaired) electrons. The van der Waals surface area contributed by atoms with E-state index in [4.69, 9.17) is 29.3 Å². The lowest BCUT2D eigenvalue weighted by molar-refractivity contribution is -0.360. The van der Waals surface area contributed by atoms with E-state index in [1.807, 2.05) is 42.5 Å². The van der Waals surface area contributed by atoms with Crippen molar-refractivity contribution >= 4 is 32.7 Å². The number of hydrogen-bond acceptors (Lipinski definition) is 9. The molecule has 7 rings (SSSR count). The van der Waals surface area contributed by atoms with Gasteiger partial charge in [0, 0.05) is 80.6 Å². The van der Waals surface area contributed by atoms with Crippen LogP contribution < -0.4 is 24.3 Å². The van der Waals surface area contributed by atoms with Crippen LogP contribution in [0, 0.1) is 0 Å². The van der Waals surface area contributed by atoms with Crippen LogP contribution in [0.4, 0.5) is 0 Å². The molecule has 1 fully saturated rings. The molecule has 0 amide bonds. The SMILES string of the molecule is COc1ccc2nc(CN3CCN(Cc4ccc5cc(OC)ccc5n4)CCN(Cc4ccc5cc(OC)ccc5[nH+]4)CC3)ccc2c1.C[O-]. The van der Waals surface area contributed by atoms with Gasteiger partial charge < -0.3 is 19.3 Å². The third-order valence-electron chi connectivity index (χ3n) is 9.29. The van der Waals surface area contributed by atoms with Gasteiger partial charge in [-0.25, -0.2) is 4.98 Å². The number of fused-ring (bicyclic) bond motifs is 3. The predicted molar refractivity (Wildman–Crippen MR) is 195 cm³/mol. The Balaban J connectivity index is 0.00000212. The van der Waals surface area contributed by atoms with Gasteiger partial charge in [-0.3, -0.25) is 24.7 Å². The number of methoxy groups -OCH3 is 3. The number of aromatic amines is 1. The normalized spacial score (nSPS) is 14.8. The molecule has 0 saturated carbocycles. The van der Waals surface area contributed by atoms with E-state index in [2.05, 4.69) is 68.2 Å². The van der Waals surface area contributed by atoms with E-state index in [1.54, 1.807) is 21.3 Å². The minimum Gasteiger partial charge on any atom is -0.857 e. The zero-order chi connectivity index (χ0) is 34.9. The molecule has 0 bridgehead atoms. The van der Waals surface area contributed by atoms with Crippen molar-refractivity contribution in [2.75, 3.05) is 67.7 Å². The summed E-state index contributed by atoms with van der Waals surface area (Å²) in [6, 6.07) is 31.3. The Morgan fingerprint density at radius 2 is 0.940 bits per heavy atom. The van der Waals surface area contributed by atoms with Gasteiger partial charge >= 0.3 is 0 Å². The monoisotopic (exact) mass is 674 g/mol. The summed E-state index contributed by atoms with van der Waals surface area (Å²) < 4.78 is 16.3. The molecule has 10 heteroatoms. The fraction of sp³-hybridized carbons (Fsp3) is 0.325. The van der Waals surface area contributed by atoms with E-state index in [9.17, 15) is 0 Å². The van der Waals surface area contributed by atoms with E-state index in [-0.39, 0.29) is 0 Å². The Labute approximate surface area is 293 Å². The second-order valence-corrected chi connectivity index (χ2v) is 12.5. The van der Waals surface area contributed by atoms with Crippen molar-refractivity contribution in [1.29, 1.82) is 0 Å². The van der Waals surface area contributed by atoms with Crippen molar-refractivity contribution in [3.05, 3.63) is 108 Å². The second-order valence-electron chi connectivity index (χ2n) is 12.5. The maximum atomic E-state index is 8.25. The van der Waals surface area contributed by atoms with E-state index in [0.717, 1.165) is 127 Å². The number of aromatic nitrogens is 3. The van der Waals surface area contributed by atoms with Crippen LogP contribution in [0.25, 0.3) is 32.7 Å². The molecular formula is C40H46N6O4. The van der Waals surface area contributed by atoms with Crippen LogP contribution in [0.2, 0.25) is 0 Å². The highest BCUT2D eigenvalue weighted by Gasteiger charge is 2.20. The first kappa shape index (κ1) is 35.0. The van der Waals surface area contributed by atoms with Crippen molar-refractivity contribution in [2.45, 2.75) is 19.6 Å². The average molecular weight is 675 g/mol. The minimum absolute atomic E-state index is 0.750. The zero-order valence-corrected chi connectivity index (χ0v) is 29.4. The first-order valence-electron chi connectivity index (χ1n) is 17.0. The maximum Gasteiger partial charge on any atom is 0.211 e. The molecule has 6 aromatic rings. The number of H-pyrrole nitrogens is 1. The van der Waals surface area contributed by atoms with Gasteiger partial charge in [0.2, 0.25) is 5.52 Å². The number of ether oxygens (including phenoxy) is 3. The molecule has 4 heterocycles. The average Bonchev–Trinajstić information content (AvgIpc) is 3.25. The highest BCUT2D eigenvalue weighted by Crippen LogP contribution is 2.22. The van der Waals surface area contributed by atoms with Crippen LogP contribution in [-0.4, -0.2) is 92.4 Å². The lowest BCUT2D eigenvalue weighted by Gasteiger charge is -2.25. The lowest BCUT2D eigenvalue weighted by Crippen LogP contribution is -2.37. The topological polar surface area (TPSA) is 100 Å². The summed E-state index contributed by atoms with van der Waals surface area (Å²) in [6.45, 7) is 8.17. The zero-order valence-electron chi connectivity index (χ0n) is 29.4. The molecule has 0 atom stereocenters. The second kappa shape index (κ2) is 16.7. The van der Waals surface area contributed by atoms with Gasteiger partial charge in [0.1, 0.15) is 17.2 Å². The molecule has 3 aromatic carbocycles. The third-order valence-corrected chi connectivity index (χ3v) is 9.29. The van der Waals surface area contributed by atoms with Gasteiger partial charge in [-0.1, -0.05) is 12.1 Å². The van der Waals surface area contributed by atoms with Crippen molar-refractivity contribution in [2.24, 2.45) is 0 Å². The lowest BCUT2D eigenvalue weighted by atomic mass is 10.2. The van der Waals surface area contributed by atoms with Crippen LogP contribution in [0.3, 0.4) is 0 Å². The quantitative estimate of drug-likeness (QED) is 0.218. The summed E-state index contributed by atoms with van der Waals surface area (Å²) in [5, 5.41) is 11.6. The number of hydrogen-bond donors (Lipinski definition) is 0. The number of nitrogens with one attached hydrogen (secondary N) is 1. The number of nitrogens with zero attached hydrogens (tertiary/aromatic N) is 5. The first-order chi connectivity index (χ1) is 24.5. The van der Waals surface area contributed by atoms with Crippen molar-refractivity contribution in [1.82, 2.24) is 24.7 Å². The highest BCUT2D eigenvalue weighted by atomic mass is 16.5. The fourth-order valence-corrected chi connectivity index (χ4v) is 6.50. The van der Waals surface area contributed by atoms with Gasteiger partial charge in [-0.2, -0.15) is 7.11 Å². The van der Waals surface area contributed by atoms with Gasteiger partial charge in [0.25, 0.3) is 0 Å². The van der Waals surface area contributed by atoms with Crippen LogP contribution in [0.15, 0.2) is 91.0 Å². The van der Waals surface area contributed by atoms with Crippen molar-refractivity contribution < 1.29 is 24.3 Å². The van der Waals surface area contributed by atoms with Crippen molar-refractivity contribution in [3.8, 4) is 17.2 Å². The summed E-state index contributed by atoms with van der Waals surface area (Å²) in [5.74, 6) is 2.56. The Morgan fingerprint density at radius 3 is 1.42 bits per heavy atom. The summed E-state index contributed by atoms with van der Waals surface area (Å²) in [7, 11) is 5.85. The largest absolute Gasteiger partial charge is 0.857 e. The summed E-state index contributed by atoms with van der Waals surface area (Å²) in [5.41, 5.74) is 6.45. The molecule has 1 aliphatic heterocycles. The number of benzene rings is 3. The molecule has 3 aromatic heterocycles. The van der Waals surface area contributed by atoms with Gasteiger partial charge in [0.05, 0.1) is 50.3 Å². The van der Waals surface area contributed by atoms with E-state index >= 15 is 0 Å². The Kier molecular flexibility index (Phi) is 11.7. The summed E-state index contributed by atoms with van der Waals surface area (Å²) >= 11 is 0. The minimum atomic E-state index is 0.750. The van der Waals surface area contributed by atoms with Crippen LogP contribution in [-0.2, 0) is 19.6 Å². The molecule has 260 valence electrons. The molecule has 0 spiro atoms. The third kappa shape index (κ3) is 8.64. The van der Waals surface area contributed by atoms with E-state index in [0.29, 0.717) is 0 Å². The van der Waals surface area contributed by atoms with Crippen LogP contribution >= 0.6 is 0 Å². The highest BCUT2D eigenvalue weighted by molar-refractivity contribution is 5.81. The summed E-state index contributed by atoms with van der Waals surface area (Å²) in [6.07, 6.45) is 0. The Bertz CT molecular complexity index is 1800. The van der Waals surface area contributed by atoms with E-state index < -0.39 is 0 Å². The summed E-state index contributed by atoms with van der Waals surface area (Å²) in [4.78, 5) is 21.4. The fourth-order valence-electron chi connectivity index (χ4n) is 6.50. The van der Waals surface area contributed by atoms with Crippen molar-refractivity contribution in [3.63, 3.8) is 0 Å². The van der Waals surface area contributed by atoms with E-state index in [1.165, 1.54) is 5.69 Å². The first-order valence-corrected chi connectivity index (χ1v) is 17.0. The molecule has 0 aliphatic carbocycles. The standard InChI is InChI=1S/C39H42N6O3.CH3O/c1-46-34-10-13-37-28(22-34)4-7-31(40-37)25-43-16-18-44(26-32-8-5-29-23-35(47-2)11-14-38(29)41-32)20-21-45(19-17-43)27-33-9-6-30-24-36(48-3)12-15-39(30)42-33;1-2/h4-15,22-24H,16-21,25-27H2,1-3H3;1H3/q;-1/p+1. The molecule has 1 N–H and O–H groups in total. The van der Waals surface area contributed by atoms with Crippen LogP contribution in [0.1, 0.15) is 17.1 Å². The molecule has 0 unspecified atom stereocenters. The Hall–Kier alpha value is -4.87. The molecule has 10 nitrogen and oxygen atoms in total. The van der Waals surface area contributed by atoms with Gasteiger partial charge in [0.15, 0.2) is 5.69 Å². The molecular weight excluding hydrogens is 628 g/mol. The van der Waals surface area contributed by atoms with Gasteiger partial charge in [-0.05, 0) is 66.7 Å². The predicted octanol–water partition coefficient (Wildman–Crippen LogP) is 4.57. The molecule has 1 aliphatic rings. The maximum absolute atomic E-state index is 8.25. The Morgan fingerprint density at radius 1 is 0.520 bits per heavy atom. The van der Waals surface area contributed by atoms with Gasteiger partial charge in [-0.15, -0.1) is 0 Å². The van der Waals surface area contributed by atoms with Crippen LogP contribution in [0.5, 0.6) is 17.2 Å². The molecule has 50 heavy (non-hydrogen) atoms. The number of rotatable bonds is 9.